The Hall–Kier alpha value is -2.50. The summed E-state index contributed by atoms with van der Waals surface area (Å²) < 4.78 is 10.8. The topological polar surface area (TPSA) is 68.3 Å². The Labute approximate surface area is 148 Å². The third kappa shape index (κ3) is 4.13. The number of fused-ring (bicyclic) bond motifs is 1. The highest BCUT2D eigenvalue weighted by atomic mass is 16.7. The third-order valence-electron chi connectivity index (χ3n) is 4.75. The van der Waals surface area contributed by atoms with Crippen LogP contribution in [0.3, 0.4) is 0 Å². The van der Waals surface area contributed by atoms with Gasteiger partial charge in [0.25, 0.3) is 0 Å². The van der Waals surface area contributed by atoms with Crippen LogP contribution in [-0.2, 0) is 6.54 Å². The second-order valence-electron chi connectivity index (χ2n) is 6.64. The SMILES string of the molecule is c1cc(NC2CCCCCC2)nc(NCc2ccc3c(c2)OCO3)n1. The lowest BCUT2D eigenvalue weighted by Gasteiger charge is -2.17. The molecule has 0 bridgehead atoms. The van der Waals surface area contributed by atoms with Crippen molar-refractivity contribution in [3.63, 3.8) is 0 Å². The second kappa shape index (κ2) is 7.59. The molecule has 1 aliphatic carbocycles. The second-order valence-corrected chi connectivity index (χ2v) is 6.64. The van der Waals surface area contributed by atoms with Gasteiger partial charge in [0.15, 0.2) is 11.5 Å². The summed E-state index contributed by atoms with van der Waals surface area (Å²) in [4.78, 5) is 8.92. The van der Waals surface area contributed by atoms with E-state index in [4.69, 9.17) is 9.47 Å². The fourth-order valence-corrected chi connectivity index (χ4v) is 3.39. The van der Waals surface area contributed by atoms with Gasteiger partial charge in [-0.3, -0.25) is 0 Å². The predicted molar refractivity (Wildman–Crippen MR) is 97.0 cm³/mol. The van der Waals surface area contributed by atoms with Crippen LogP contribution in [0.1, 0.15) is 44.1 Å². The average molecular weight is 340 g/mol. The molecule has 2 aliphatic rings. The van der Waals surface area contributed by atoms with Gasteiger partial charge in [-0.05, 0) is 36.6 Å². The Morgan fingerprint density at radius 2 is 1.84 bits per heavy atom. The first-order valence-electron chi connectivity index (χ1n) is 9.09. The van der Waals surface area contributed by atoms with Gasteiger partial charge in [0.2, 0.25) is 12.7 Å². The van der Waals surface area contributed by atoms with E-state index in [1.807, 2.05) is 24.3 Å². The lowest BCUT2D eigenvalue weighted by atomic mass is 10.1. The monoisotopic (exact) mass is 340 g/mol. The van der Waals surface area contributed by atoms with Gasteiger partial charge >= 0.3 is 0 Å². The molecule has 0 spiro atoms. The molecule has 132 valence electrons. The molecule has 1 fully saturated rings. The molecule has 6 heteroatoms. The normalized spacial score (nSPS) is 17.1. The maximum Gasteiger partial charge on any atom is 0.231 e. The van der Waals surface area contributed by atoms with Gasteiger partial charge in [0.1, 0.15) is 5.82 Å². The molecule has 1 aliphatic heterocycles. The van der Waals surface area contributed by atoms with Crippen LogP contribution in [0, 0.1) is 0 Å². The zero-order valence-electron chi connectivity index (χ0n) is 14.3. The molecule has 2 N–H and O–H groups in total. The maximum atomic E-state index is 5.41. The Morgan fingerprint density at radius 1 is 1.00 bits per heavy atom. The highest BCUT2D eigenvalue weighted by molar-refractivity contribution is 5.46. The molecule has 2 aromatic rings. The summed E-state index contributed by atoms with van der Waals surface area (Å²) in [7, 11) is 0. The lowest BCUT2D eigenvalue weighted by molar-refractivity contribution is 0.174. The molecule has 1 aromatic carbocycles. The highest BCUT2D eigenvalue weighted by Crippen LogP contribution is 2.32. The van der Waals surface area contributed by atoms with Crippen LogP contribution in [0.25, 0.3) is 0 Å². The van der Waals surface area contributed by atoms with Crippen molar-refractivity contribution in [2.45, 2.75) is 51.1 Å². The number of hydrogen-bond acceptors (Lipinski definition) is 6. The molecule has 0 unspecified atom stereocenters. The van der Waals surface area contributed by atoms with Crippen molar-refractivity contribution in [1.29, 1.82) is 0 Å². The van der Waals surface area contributed by atoms with Crippen LogP contribution in [0.4, 0.5) is 11.8 Å². The minimum Gasteiger partial charge on any atom is -0.454 e. The van der Waals surface area contributed by atoms with E-state index in [2.05, 4.69) is 20.6 Å². The molecule has 0 saturated heterocycles. The number of nitrogens with zero attached hydrogens (tertiary/aromatic N) is 2. The summed E-state index contributed by atoms with van der Waals surface area (Å²) >= 11 is 0. The summed E-state index contributed by atoms with van der Waals surface area (Å²) in [5.74, 6) is 3.13. The number of rotatable bonds is 5. The van der Waals surface area contributed by atoms with Crippen molar-refractivity contribution < 1.29 is 9.47 Å². The highest BCUT2D eigenvalue weighted by Gasteiger charge is 2.14. The standard InChI is InChI=1S/C19H24N4O2/c1-2-4-6-15(5-3-1)22-18-9-10-20-19(23-18)21-12-14-7-8-16-17(11-14)25-13-24-16/h7-11,15H,1-6,12-13H2,(H2,20,21,22,23). The van der Waals surface area contributed by atoms with Crippen LogP contribution in [0.2, 0.25) is 0 Å². The molecule has 0 atom stereocenters. The number of nitrogens with one attached hydrogen (secondary N) is 2. The van der Waals surface area contributed by atoms with Gasteiger partial charge < -0.3 is 20.1 Å². The van der Waals surface area contributed by atoms with Crippen molar-refractivity contribution in [2.75, 3.05) is 17.4 Å². The minimum atomic E-state index is 0.296. The number of ether oxygens (including phenoxy) is 2. The van der Waals surface area contributed by atoms with E-state index < -0.39 is 0 Å². The first-order chi connectivity index (χ1) is 12.4. The summed E-state index contributed by atoms with van der Waals surface area (Å²) in [6.45, 7) is 0.938. The molecule has 25 heavy (non-hydrogen) atoms. The number of aromatic nitrogens is 2. The van der Waals surface area contributed by atoms with E-state index in [-0.39, 0.29) is 0 Å². The molecule has 6 nitrogen and oxygen atoms in total. The van der Waals surface area contributed by atoms with Crippen LogP contribution >= 0.6 is 0 Å². The van der Waals surface area contributed by atoms with Gasteiger partial charge in [0, 0.05) is 18.8 Å². The molecular formula is C19H24N4O2. The molecule has 0 amide bonds. The number of hydrogen-bond donors (Lipinski definition) is 2. The van der Waals surface area contributed by atoms with Crippen molar-refractivity contribution in [2.24, 2.45) is 0 Å². The van der Waals surface area contributed by atoms with Gasteiger partial charge in [-0.2, -0.15) is 4.98 Å². The lowest BCUT2D eigenvalue weighted by Crippen LogP contribution is -2.19. The Morgan fingerprint density at radius 3 is 2.72 bits per heavy atom. The minimum absolute atomic E-state index is 0.296. The fourth-order valence-electron chi connectivity index (χ4n) is 3.39. The summed E-state index contributed by atoms with van der Waals surface area (Å²) in [5.41, 5.74) is 1.11. The summed E-state index contributed by atoms with van der Waals surface area (Å²) in [5, 5.41) is 6.85. The molecular weight excluding hydrogens is 316 g/mol. The van der Waals surface area contributed by atoms with Crippen molar-refractivity contribution in [3.05, 3.63) is 36.0 Å². The van der Waals surface area contributed by atoms with Crippen LogP contribution < -0.4 is 20.1 Å². The smallest absolute Gasteiger partial charge is 0.231 e. The van der Waals surface area contributed by atoms with E-state index >= 15 is 0 Å². The molecule has 0 radical (unpaired) electrons. The quantitative estimate of drug-likeness (QED) is 0.803. The van der Waals surface area contributed by atoms with Crippen molar-refractivity contribution in [1.82, 2.24) is 9.97 Å². The predicted octanol–water partition coefficient (Wildman–Crippen LogP) is 3.95. The largest absolute Gasteiger partial charge is 0.454 e. The summed E-state index contributed by atoms with van der Waals surface area (Å²) in [6.07, 6.45) is 9.56. The van der Waals surface area contributed by atoms with Crippen molar-refractivity contribution >= 4 is 11.8 Å². The van der Waals surface area contributed by atoms with Crippen LogP contribution in [0.15, 0.2) is 30.5 Å². The van der Waals surface area contributed by atoms with Gasteiger partial charge in [-0.1, -0.05) is 31.7 Å². The van der Waals surface area contributed by atoms with Gasteiger partial charge in [0.05, 0.1) is 0 Å². The Bertz CT molecular complexity index is 714. The van der Waals surface area contributed by atoms with Gasteiger partial charge in [-0.25, -0.2) is 4.98 Å². The van der Waals surface area contributed by atoms with E-state index in [0.717, 1.165) is 22.9 Å². The zero-order chi connectivity index (χ0) is 16.9. The van der Waals surface area contributed by atoms with Gasteiger partial charge in [-0.15, -0.1) is 0 Å². The van der Waals surface area contributed by atoms with Crippen LogP contribution in [-0.4, -0.2) is 22.8 Å². The first kappa shape index (κ1) is 16.0. The first-order valence-corrected chi connectivity index (χ1v) is 9.09. The average Bonchev–Trinajstić information content (AvgIpc) is 2.96. The zero-order valence-corrected chi connectivity index (χ0v) is 14.3. The van der Waals surface area contributed by atoms with Crippen LogP contribution in [0.5, 0.6) is 11.5 Å². The van der Waals surface area contributed by atoms with Crippen molar-refractivity contribution in [3.8, 4) is 11.5 Å². The molecule has 4 rings (SSSR count). The Kier molecular flexibility index (Phi) is 4.86. The molecule has 1 aromatic heterocycles. The summed E-state index contributed by atoms with van der Waals surface area (Å²) in [6, 6.07) is 8.41. The maximum absolute atomic E-state index is 5.41. The van der Waals surface area contributed by atoms with E-state index in [1.165, 1.54) is 38.5 Å². The molecule has 1 saturated carbocycles. The fraction of sp³-hybridized carbons (Fsp3) is 0.474. The molecule has 2 heterocycles. The van der Waals surface area contributed by atoms with E-state index in [0.29, 0.717) is 25.3 Å². The number of anilines is 2. The van der Waals surface area contributed by atoms with E-state index in [1.54, 1.807) is 6.20 Å². The Balaban J connectivity index is 1.36. The third-order valence-corrected chi connectivity index (χ3v) is 4.75. The number of benzene rings is 1. The van der Waals surface area contributed by atoms with E-state index in [9.17, 15) is 0 Å².